The highest BCUT2D eigenvalue weighted by Crippen LogP contribution is 2.26. The van der Waals surface area contributed by atoms with Gasteiger partial charge in [0.05, 0.1) is 5.69 Å². The summed E-state index contributed by atoms with van der Waals surface area (Å²) in [4.78, 5) is 11.0. The lowest BCUT2D eigenvalue weighted by atomic mass is 9.83. The molecule has 0 amide bonds. The molecular formula is C21H25N3O. The van der Waals surface area contributed by atoms with E-state index in [1.54, 1.807) is 6.20 Å². The van der Waals surface area contributed by atoms with Gasteiger partial charge in [-0.1, -0.05) is 24.8 Å². The molecule has 0 radical (unpaired) electrons. The average molecular weight is 335 g/mol. The number of pyridine rings is 2. The number of likely N-dealkylation sites (tertiary alicyclic amines) is 1. The molecule has 2 aromatic heterocycles. The zero-order chi connectivity index (χ0) is 17.9. The Hall–Kier alpha value is -2.22. The molecule has 0 bridgehead atoms. The Kier molecular flexibility index (Phi) is 5.17. The number of likely N-dealkylation sites (N-methyl/N-ethyl adjacent to an activating group) is 1. The normalized spacial score (nSPS) is 23.8. The van der Waals surface area contributed by atoms with E-state index in [4.69, 9.17) is 0 Å². The van der Waals surface area contributed by atoms with E-state index in [-0.39, 0.29) is 5.92 Å². The summed E-state index contributed by atoms with van der Waals surface area (Å²) < 4.78 is 0. The monoisotopic (exact) mass is 335 g/mol. The highest BCUT2D eigenvalue weighted by Gasteiger charge is 2.36. The van der Waals surface area contributed by atoms with E-state index in [0.717, 1.165) is 35.5 Å². The van der Waals surface area contributed by atoms with Crippen LogP contribution in [0.3, 0.4) is 0 Å². The number of hydrogen-bond donors (Lipinski definition) is 1. The SMILES string of the molecule is Cc1ccc(C#CC2(O)CN(C)CCC2C)c(Cc2cccnc2)n1. The van der Waals surface area contributed by atoms with Crippen molar-refractivity contribution in [2.24, 2.45) is 5.92 Å². The van der Waals surface area contributed by atoms with E-state index in [1.807, 2.05) is 44.4 Å². The maximum atomic E-state index is 11.0. The summed E-state index contributed by atoms with van der Waals surface area (Å²) in [6.07, 6.45) is 5.26. The number of piperidine rings is 1. The van der Waals surface area contributed by atoms with Crippen LogP contribution in [0.25, 0.3) is 0 Å². The molecule has 1 saturated heterocycles. The van der Waals surface area contributed by atoms with Gasteiger partial charge in [-0.05, 0) is 56.6 Å². The van der Waals surface area contributed by atoms with Gasteiger partial charge in [0.1, 0.15) is 5.60 Å². The Bertz CT molecular complexity index is 794. The Morgan fingerprint density at radius 3 is 2.96 bits per heavy atom. The van der Waals surface area contributed by atoms with Gasteiger partial charge in [0, 0.05) is 36.6 Å². The van der Waals surface area contributed by atoms with Gasteiger partial charge in [-0.25, -0.2) is 0 Å². The van der Waals surface area contributed by atoms with Crippen LogP contribution in [0.4, 0.5) is 0 Å². The lowest BCUT2D eigenvalue weighted by Gasteiger charge is -2.38. The summed E-state index contributed by atoms with van der Waals surface area (Å²) in [5, 5.41) is 11.0. The predicted molar refractivity (Wildman–Crippen MR) is 99.1 cm³/mol. The van der Waals surface area contributed by atoms with Crippen molar-refractivity contribution in [2.75, 3.05) is 20.1 Å². The molecule has 2 atom stereocenters. The maximum absolute atomic E-state index is 11.0. The Morgan fingerprint density at radius 2 is 2.20 bits per heavy atom. The fourth-order valence-corrected chi connectivity index (χ4v) is 3.19. The highest BCUT2D eigenvalue weighted by atomic mass is 16.3. The third-order valence-electron chi connectivity index (χ3n) is 4.89. The zero-order valence-corrected chi connectivity index (χ0v) is 15.2. The third kappa shape index (κ3) is 4.25. The lowest BCUT2D eigenvalue weighted by molar-refractivity contribution is -0.0173. The Labute approximate surface area is 149 Å². The molecule has 1 fully saturated rings. The van der Waals surface area contributed by atoms with Crippen LogP contribution in [0.2, 0.25) is 0 Å². The fraction of sp³-hybridized carbons (Fsp3) is 0.429. The van der Waals surface area contributed by atoms with E-state index < -0.39 is 5.60 Å². The van der Waals surface area contributed by atoms with Gasteiger partial charge in [-0.2, -0.15) is 0 Å². The molecule has 1 aliphatic heterocycles. The van der Waals surface area contributed by atoms with Gasteiger partial charge in [0.25, 0.3) is 0 Å². The molecule has 3 heterocycles. The van der Waals surface area contributed by atoms with Crippen molar-refractivity contribution in [1.82, 2.24) is 14.9 Å². The predicted octanol–water partition coefficient (Wildman–Crippen LogP) is 2.43. The second-order valence-corrected chi connectivity index (χ2v) is 7.09. The van der Waals surface area contributed by atoms with Gasteiger partial charge in [-0.3, -0.25) is 9.97 Å². The molecule has 25 heavy (non-hydrogen) atoms. The maximum Gasteiger partial charge on any atom is 0.140 e. The molecule has 4 heteroatoms. The summed E-state index contributed by atoms with van der Waals surface area (Å²) in [5.74, 6) is 6.52. The second-order valence-electron chi connectivity index (χ2n) is 7.09. The third-order valence-corrected chi connectivity index (χ3v) is 4.89. The Morgan fingerprint density at radius 1 is 1.36 bits per heavy atom. The number of rotatable bonds is 2. The van der Waals surface area contributed by atoms with Crippen molar-refractivity contribution in [3.05, 3.63) is 59.2 Å². The van der Waals surface area contributed by atoms with Crippen molar-refractivity contribution in [3.8, 4) is 11.8 Å². The van der Waals surface area contributed by atoms with Crippen molar-refractivity contribution in [3.63, 3.8) is 0 Å². The molecule has 2 unspecified atom stereocenters. The number of nitrogens with zero attached hydrogens (tertiary/aromatic N) is 3. The topological polar surface area (TPSA) is 49.2 Å². The van der Waals surface area contributed by atoms with Crippen LogP contribution in [0.5, 0.6) is 0 Å². The van der Waals surface area contributed by atoms with Gasteiger partial charge in [0.15, 0.2) is 0 Å². The van der Waals surface area contributed by atoms with Crippen molar-refractivity contribution in [2.45, 2.75) is 32.3 Å². The van der Waals surface area contributed by atoms with Crippen LogP contribution in [0, 0.1) is 24.7 Å². The summed E-state index contributed by atoms with van der Waals surface area (Å²) in [6, 6.07) is 7.94. The van der Waals surface area contributed by atoms with Gasteiger partial charge < -0.3 is 10.0 Å². The average Bonchev–Trinajstić information content (AvgIpc) is 2.59. The zero-order valence-electron chi connectivity index (χ0n) is 15.2. The largest absolute Gasteiger partial charge is 0.376 e. The molecule has 0 saturated carbocycles. The molecule has 130 valence electrons. The highest BCUT2D eigenvalue weighted by molar-refractivity contribution is 5.42. The van der Waals surface area contributed by atoms with E-state index in [0.29, 0.717) is 13.0 Å². The summed E-state index contributed by atoms with van der Waals surface area (Å²) >= 11 is 0. The molecule has 1 aliphatic rings. The molecule has 2 aromatic rings. The molecular weight excluding hydrogens is 310 g/mol. The quantitative estimate of drug-likeness (QED) is 0.857. The van der Waals surface area contributed by atoms with E-state index in [1.165, 1.54) is 0 Å². The van der Waals surface area contributed by atoms with Crippen LogP contribution < -0.4 is 0 Å². The first-order chi connectivity index (χ1) is 12.0. The van der Waals surface area contributed by atoms with Crippen LogP contribution in [-0.4, -0.2) is 45.7 Å². The van der Waals surface area contributed by atoms with Crippen LogP contribution in [-0.2, 0) is 6.42 Å². The van der Waals surface area contributed by atoms with Crippen LogP contribution >= 0.6 is 0 Å². The lowest BCUT2D eigenvalue weighted by Crippen LogP contribution is -2.50. The second kappa shape index (κ2) is 7.35. The van der Waals surface area contributed by atoms with Gasteiger partial charge in [-0.15, -0.1) is 0 Å². The molecule has 0 aromatic carbocycles. The van der Waals surface area contributed by atoms with E-state index in [9.17, 15) is 5.11 Å². The van der Waals surface area contributed by atoms with Crippen molar-refractivity contribution >= 4 is 0 Å². The smallest absolute Gasteiger partial charge is 0.140 e. The summed E-state index contributed by atoms with van der Waals surface area (Å²) in [7, 11) is 2.03. The number of β-amino-alcohol motifs (C(OH)–C–C–N with tert-alkyl or cyclic N) is 1. The number of aryl methyl sites for hydroxylation is 1. The summed E-state index contributed by atoms with van der Waals surface area (Å²) in [5.41, 5.74) is 2.91. The van der Waals surface area contributed by atoms with Crippen molar-refractivity contribution < 1.29 is 5.11 Å². The van der Waals surface area contributed by atoms with Gasteiger partial charge in [0.2, 0.25) is 0 Å². The first kappa shape index (κ1) is 17.6. The van der Waals surface area contributed by atoms with Gasteiger partial charge >= 0.3 is 0 Å². The standard InChI is InChI=1S/C21H25N3O/c1-16-9-12-24(3)15-21(16,25)10-8-19-7-6-17(2)23-20(19)13-18-5-4-11-22-14-18/h4-7,11,14,16,25H,9,12-13,15H2,1-3H3. The minimum atomic E-state index is -0.969. The molecule has 4 nitrogen and oxygen atoms in total. The molecule has 3 rings (SSSR count). The minimum absolute atomic E-state index is 0.163. The number of aliphatic hydroxyl groups is 1. The minimum Gasteiger partial charge on any atom is -0.376 e. The first-order valence-electron chi connectivity index (χ1n) is 8.76. The summed E-state index contributed by atoms with van der Waals surface area (Å²) in [6.45, 7) is 5.64. The van der Waals surface area contributed by atoms with E-state index >= 15 is 0 Å². The van der Waals surface area contributed by atoms with Crippen LogP contribution in [0.15, 0.2) is 36.7 Å². The molecule has 0 spiro atoms. The fourth-order valence-electron chi connectivity index (χ4n) is 3.19. The first-order valence-corrected chi connectivity index (χ1v) is 8.76. The Balaban J connectivity index is 1.91. The van der Waals surface area contributed by atoms with E-state index in [2.05, 4.69) is 33.6 Å². The molecule has 0 aliphatic carbocycles. The molecule has 1 N–H and O–H groups in total. The number of hydrogen-bond acceptors (Lipinski definition) is 4. The van der Waals surface area contributed by atoms with Crippen LogP contribution in [0.1, 0.15) is 35.9 Å². The number of aromatic nitrogens is 2. The van der Waals surface area contributed by atoms with Crippen molar-refractivity contribution in [1.29, 1.82) is 0 Å².